The molecule has 4 heteroatoms. The van der Waals surface area contributed by atoms with Crippen LogP contribution in [0, 0.1) is 0 Å². The fourth-order valence-corrected chi connectivity index (χ4v) is 0. The number of rotatable bonds is 2. The highest BCUT2D eigenvalue weighted by atomic mass is 16.4. The quantitative estimate of drug-likeness (QED) is 0.543. The van der Waals surface area contributed by atoms with E-state index in [9.17, 15) is 4.79 Å². The van der Waals surface area contributed by atoms with E-state index in [2.05, 4.69) is 0 Å². The highest BCUT2D eigenvalue weighted by molar-refractivity contribution is 5.66. The molecule has 0 aromatic heterocycles. The normalized spacial score (nSPS) is 9.91. The lowest BCUT2D eigenvalue weighted by molar-refractivity contribution is -0.136. The summed E-state index contributed by atoms with van der Waals surface area (Å²) < 4.78 is 0. The monoisotopic (exact) mass is 163 g/mol. The van der Waals surface area contributed by atoms with Crippen LogP contribution >= 0.6 is 0 Å². The van der Waals surface area contributed by atoms with Gasteiger partial charge in [0.2, 0.25) is 0 Å². The first-order valence-corrected chi connectivity index (χ1v) is 3.45. The van der Waals surface area contributed by atoms with E-state index in [1.165, 1.54) is 0 Å². The smallest absolute Gasteiger partial charge is 0.303 e. The maximum Gasteiger partial charge on any atom is 0.303 e. The second kappa shape index (κ2) is 6.12. The van der Waals surface area contributed by atoms with Crippen molar-refractivity contribution in [3.05, 3.63) is 0 Å². The van der Waals surface area contributed by atoms with Crippen LogP contribution in [-0.2, 0) is 4.79 Å². The zero-order valence-corrected chi connectivity index (χ0v) is 7.29. The summed E-state index contributed by atoms with van der Waals surface area (Å²) in [7, 11) is 0. The number of carbonyl (C=O) groups is 1. The van der Waals surface area contributed by atoms with Crippen LogP contribution in [0.4, 0.5) is 0 Å². The topological polar surface area (TPSA) is 83.5 Å². The Morgan fingerprint density at radius 1 is 1.55 bits per heavy atom. The first-order chi connectivity index (χ1) is 4.83. The van der Waals surface area contributed by atoms with E-state index in [0.717, 1.165) is 0 Å². The molecule has 4 N–H and O–H groups in total. The van der Waals surface area contributed by atoms with Crippen molar-refractivity contribution in [3.63, 3.8) is 0 Å². The van der Waals surface area contributed by atoms with Crippen molar-refractivity contribution in [3.8, 4) is 0 Å². The summed E-state index contributed by atoms with van der Waals surface area (Å²) in [5, 5.41) is 16.0. The third kappa shape index (κ3) is 26.6. The molecule has 11 heavy (non-hydrogen) atoms. The molecule has 0 aliphatic heterocycles. The van der Waals surface area contributed by atoms with Crippen molar-refractivity contribution in [2.75, 3.05) is 6.61 Å². The lowest BCUT2D eigenvalue weighted by Crippen LogP contribution is -2.35. The predicted molar refractivity (Wildman–Crippen MR) is 43.3 cm³/mol. The minimum atomic E-state index is -0.745. The van der Waals surface area contributed by atoms with Crippen LogP contribution in [0.5, 0.6) is 0 Å². The number of hydrogen-bond acceptors (Lipinski definition) is 3. The van der Waals surface area contributed by atoms with Crippen molar-refractivity contribution >= 4 is 5.97 Å². The Morgan fingerprint density at radius 3 is 1.73 bits per heavy atom. The summed E-state index contributed by atoms with van der Waals surface area (Å²) in [6.45, 7) is 5.19. The molecule has 0 aliphatic rings. The van der Waals surface area contributed by atoms with Gasteiger partial charge in [0.15, 0.2) is 0 Å². The van der Waals surface area contributed by atoms with Gasteiger partial charge in [-0.1, -0.05) is 6.92 Å². The fraction of sp³-hybridized carbons (Fsp3) is 0.857. The average Bonchev–Trinajstić information content (AvgIpc) is 1.88. The van der Waals surface area contributed by atoms with Gasteiger partial charge in [-0.3, -0.25) is 4.79 Å². The van der Waals surface area contributed by atoms with E-state index in [-0.39, 0.29) is 13.0 Å². The van der Waals surface area contributed by atoms with E-state index in [0.29, 0.717) is 0 Å². The first kappa shape index (κ1) is 13.0. The van der Waals surface area contributed by atoms with Crippen LogP contribution in [0.1, 0.15) is 27.2 Å². The van der Waals surface area contributed by atoms with Gasteiger partial charge in [0.25, 0.3) is 0 Å². The van der Waals surface area contributed by atoms with E-state index >= 15 is 0 Å². The lowest BCUT2D eigenvalue weighted by atomic mass is 10.1. The number of carboxylic acids is 1. The Labute approximate surface area is 67.0 Å². The van der Waals surface area contributed by atoms with Crippen molar-refractivity contribution < 1.29 is 15.0 Å². The second-order valence-electron chi connectivity index (χ2n) is 2.89. The molecular weight excluding hydrogens is 146 g/mol. The van der Waals surface area contributed by atoms with Crippen LogP contribution in [0.2, 0.25) is 0 Å². The number of aliphatic carboxylic acids is 1. The first-order valence-electron chi connectivity index (χ1n) is 3.45. The number of carboxylic acid groups (broad SMARTS) is 1. The van der Waals surface area contributed by atoms with Crippen LogP contribution in [0.15, 0.2) is 0 Å². The van der Waals surface area contributed by atoms with Gasteiger partial charge in [-0.25, -0.2) is 0 Å². The molecule has 0 fully saturated rings. The van der Waals surface area contributed by atoms with E-state index in [4.69, 9.17) is 15.9 Å². The van der Waals surface area contributed by atoms with Crippen LogP contribution < -0.4 is 5.73 Å². The van der Waals surface area contributed by atoms with Gasteiger partial charge in [0.1, 0.15) is 0 Å². The molecule has 0 unspecified atom stereocenters. The molecule has 0 radical (unpaired) electrons. The molecule has 0 saturated heterocycles. The number of aliphatic hydroxyl groups is 1. The van der Waals surface area contributed by atoms with Gasteiger partial charge in [0.05, 0.1) is 6.61 Å². The Morgan fingerprint density at radius 2 is 1.73 bits per heavy atom. The maximum absolute atomic E-state index is 9.37. The molecular formula is C7H17NO3. The SMILES string of the molecule is CC(C)(N)CO.CCC(=O)O. The third-order valence-corrected chi connectivity index (χ3v) is 0.710. The molecule has 0 bridgehead atoms. The third-order valence-electron chi connectivity index (χ3n) is 0.710. The number of nitrogens with two attached hydrogens (primary N) is 1. The molecule has 0 aromatic rings. The number of hydrogen-bond donors (Lipinski definition) is 3. The summed E-state index contributed by atoms with van der Waals surface area (Å²) in [4.78, 5) is 9.37. The Hall–Kier alpha value is -0.610. The summed E-state index contributed by atoms with van der Waals surface area (Å²) >= 11 is 0. The molecule has 4 nitrogen and oxygen atoms in total. The van der Waals surface area contributed by atoms with Crippen molar-refractivity contribution in [2.45, 2.75) is 32.7 Å². The molecule has 0 spiro atoms. The van der Waals surface area contributed by atoms with Crippen LogP contribution in [0.25, 0.3) is 0 Å². The van der Waals surface area contributed by atoms with Crippen LogP contribution in [0.3, 0.4) is 0 Å². The zero-order valence-electron chi connectivity index (χ0n) is 7.29. The molecule has 0 heterocycles. The van der Waals surface area contributed by atoms with Crippen LogP contribution in [-0.4, -0.2) is 28.3 Å². The molecule has 0 rings (SSSR count). The van der Waals surface area contributed by atoms with E-state index in [1.807, 2.05) is 0 Å². The highest BCUT2D eigenvalue weighted by Crippen LogP contribution is 1.89. The van der Waals surface area contributed by atoms with Gasteiger partial charge >= 0.3 is 5.97 Å². The standard InChI is InChI=1S/C4H11NO.C3H6O2/c1-4(2,5)3-6;1-2-3(4)5/h6H,3,5H2,1-2H3;2H2,1H3,(H,4,5). The predicted octanol–water partition coefficient (Wildman–Crippen LogP) is 0.197. The number of aliphatic hydroxyl groups excluding tert-OH is 1. The Kier molecular flexibility index (Phi) is 7.24. The Bertz CT molecular complexity index is 107. The molecule has 68 valence electrons. The largest absolute Gasteiger partial charge is 0.481 e. The minimum absolute atomic E-state index is 0.0486. The summed E-state index contributed by atoms with van der Waals surface area (Å²) in [6, 6.07) is 0. The summed E-state index contributed by atoms with van der Waals surface area (Å²) in [5.41, 5.74) is 4.88. The van der Waals surface area contributed by atoms with Crippen molar-refractivity contribution in [1.82, 2.24) is 0 Å². The average molecular weight is 163 g/mol. The molecule has 0 atom stereocenters. The molecule has 0 amide bonds. The van der Waals surface area contributed by atoms with E-state index in [1.54, 1.807) is 20.8 Å². The van der Waals surface area contributed by atoms with Gasteiger partial charge in [-0.2, -0.15) is 0 Å². The summed E-state index contributed by atoms with van der Waals surface area (Å²) in [6.07, 6.45) is 0.222. The van der Waals surface area contributed by atoms with Gasteiger partial charge in [-0.15, -0.1) is 0 Å². The minimum Gasteiger partial charge on any atom is -0.481 e. The lowest BCUT2D eigenvalue weighted by Gasteiger charge is -2.12. The van der Waals surface area contributed by atoms with Crippen molar-refractivity contribution in [2.24, 2.45) is 5.73 Å². The zero-order chi connectivity index (χ0) is 9.49. The molecule has 0 aliphatic carbocycles. The van der Waals surface area contributed by atoms with Gasteiger partial charge in [-0.05, 0) is 13.8 Å². The fourth-order valence-electron chi connectivity index (χ4n) is 0. The van der Waals surface area contributed by atoms with Gasteiger partial charge < -0.3 is 15.9 Å². The molecule has 0 aromatic carbocycles. The van der Waals surface area contributed by atoms with E-state index < -0.39 is 11.5 Å². The Balaban J connectivity index is 0. The molecule has 0 saturated carbocycles. The maximum atomic E-state index is 9.37. The highest BCUT2D eigenvalue weighted by Gasteiger charge is 2.05. The van der Waals surface area contributed by atoms with Crippen molar-refractivity contribution in [1.29, 1.82) is 0 Å². The second-order valence-corrected chi connectivity index (χ2v) is 2.89. The van der Waals surface area contributed by atoms with Gasteiger partial charge in [0, 0.05) is 12.0 Å². The summed E-state index contributed by atoms with van der Waals surface area (Å²) in [5.74, 6) is -0.745.